The second-order valence-electron chi connectivity index (χ2n) is 5.42. The van der Waals surface area contributed by atoms with Gasteiger partial charge >= 0.3 is 0 Å². The molecule has 1 saturated heterocycles. The van der Waals surface area contributed by atoms with E-state index >= 15 is 0 Å². The Bertz CT molecular complexity index is 674. The number of benzene rings is 1. The number of nitrogen functional groups attached to an aromatic ring is 1. The number of primary amides is 1. The summed E-state index contributed by atoms with van der Waals surface area (Å²) in [5.41, 5.74) is 10.5. The quantitative estimate of drug-likeness (QED) is 0.768. The summed E-state index contributed by atoms with van der Waals surface area (Å²) < 4.78 is 31.8. The van der Waals surface area contributed by atoms with E-state index in [1.165, 1.54) is 23.5 Å². The summed E-state index contributed by atoms with van der Waals surface area (Å²) in [7, 11) is -2.40. The molecule has 0 bridgehead atoms. The first kappa shape index (κ1) is 15.6. The molecule has 1 amide bonds. The van der Waals surface area contributed by atoms with Crippen LogP contribution >= 0.6 is 0 Å². The molecule has 0 aromatic heterocycles. The molecular formula is C13H19N3O4S. The Kier molecular flexibility index (Phi) is 3.85. The molecule has 0 spiro atoms. The molecule has 1 aliphatic heterocycles. The van der Waals surface area contributed by atoms with Crippen molar-refractivity contribution >= 4 is 21.6 Å². The van der Waals surface area contributed by atoms with Crippen LogP contribution in [-0.4, -0.2) is 38.8 Å². The maximum absolute atomic E-state index is 12.7. The molecule has 0 saturated carbocycles. The highest BCUT2D eigenvalue weighted by molar-refractivity contribution is 7.89. The molecule has 0 radical (unpaired) electrons. The number of carbonyl (C=O) groups is 1. The lowest BCUT2D eigenvalue weighted by molar-refractivity contribution is -0.126. The molecule has 1 aliphatic rings. The topological polar surface area (TPSA) is 116 Å². The summed E-state index contributed by atoms with van der Waals surface area (Å²) >= 11 is 0. The second-order valence-corrected chi connectivity index (χ2v) is 7.33. The zero-order chi connectivity index (χ0) is 15.8. The van der Waals surface area contributed by atoms with Crippen LogP contribution in [0.15, 0.2) is 23.1 Å². The summed E-state index contributed by atoms with van der Waals surface area (Å²) in [4.78, 5) is 11.5. The number of hydrogen-bond acceptors (Lipinski definition) is 5. The number of ether oxygens (including phenoxy) is 1. The third kappa shape index (κ3) is 2.68. The van der Waals surface area contributed by atoms with Crippen LogP contribution in [0.1, 0.15) is 13.3 Å². The van der Waals surface area contributed by atoms with Gasteiger partial charge < -0.3 is 16.2 Å². The highest BCUT2D eigenvalue weighted by atomic mass is 32.2. The molecule has 116 valence electrons. The van der Waals surface area contributed by atoms with E-state index in [2.05, 4.69) is 0 Å². The van der Waals surface area contributed by atoms with Gasteiger partial charge in [-0.25, -0.2) is 8.42 Å². The van der Waals surface area contributed by atoms with Gasteiger partial charge in [-0.3, -0.25) is 4.79 Å². The van der Waals surface area contributed by atoms with Gasteiger partial charge in [-0.15, -0.1) is 0 Å². The van der Waals surface area contributed by atoms with Crippen LogP contribution in [-0.2, 0) is 14.8 Å². The number of anilines is 1. The Hall–Kier alpha value is -1.80. The number of rotatable bonds is 4. The summed E-state index contributed by atoms with van der Waals surface area (Å²) in [6.07, 6.45) is 0.395. The molecule has 1 unspecified atom stereocenters. The van der Waals surface area contributed by atoms with Crippen molar-refractivity contribution in [1.29, 1.82) is 0 Å². The van der Waals surface area contributed by atoms with Gasteiger partial charge in [-0.2, -0.15) is 4.31 Å². The minimum absolute atomic E-state index is 0.00118. The fourth-order valence-electron chi connectivity index (χ4n) is 2.36. The Morgan fingerprint density at radius 3 is 2.62 bits per heavy atom. The van der Waals surface area contributed by atoms with Gasteiger partial charge in [-0.05, 0) is 31.5 Å². The lowest BCUT2D eigenvalue weighted by Gasteiger charge is -2.21. The van der Waals surface area contributed by atoms with E-state index in [0.717, 1.165) is 0 Å². The predicted molar refractivity (Wildman–Crippen MR) is 78.1 cm³/mol. The number of sulfonamides is 1. The van der Waals surface area contributed by atoms with Crippen LogP contribution in [0.25, 0.3) is 0 Å². The van der Waals surface area contributed by atoms with Gasteiger partial charge in [-0.1, -0.05) is 0 Å². The van der Waals surface area contributed by atoms with Crippen LogP contribution in [0.4, 0.5) is 5.69 Å². The Labute approximate surface area is 123 Å². The average Bonchev–Trinajstić information content (AvgIpc) is 2.83. The van der Waals surface area contributed by atoms with E-state index in [9.17, 15) is 13.2 Å². The summed E-state index contributed by atoms with van der Waals surface area (Å²) in [6, 6.07) is 4.43. The largest absolute Gasteiger partial charge is 0.495 e. The first-order valence-electron chi connectivity index (χ1n) is 6.44. The Balaban J connectivity index is 2.41. The van der Waals surface area contributed by atoms with Crippen molar-refractivity contribution in [3.05, 3.63) is 18.2 Å². The molecular weight excluding hydrogens is 294 g/mol. The first-order valence-corrected chi connectivity index (χ1v) is 7.88. The summed E-state index contributed by atoms with van der Waals surface area (Å²) in [5, 5.41) is 0. The van der Waals surface area contributed by atoms with Gasteiger partial charge in [0.25, 0.3) is 0 Å². The van der Waals surface area contributed by atoms with E-state index in [0.29, 0.717) is 12.1 Å². The second kappa shape index (κ2) is 5.19. The highest BCUT2D eigenvalue weighted by Crippen LogP contribution is 2.36. The van der Waals surface area contributed by atoms with Crippen LogP contribution < -0.4 is 16.2 Å². The fourth-order valence-corrected chi connectivity index (χ4v) is 4.11. The van der Waals surface area contributed by atoms with Gasteiger partial charge in [0.2, 0.25) is 15.9 Å². The SMILES string of the molecule is COc1ccc(N)cc1S(=O)(=O)N1CCC(C)(C(N)=O)C1. The third-order valence-electron chi connectivity index (χ3n) is 3.84. The number of carbonyl (C=O) groups excluding carboxylic acids is 1. The van der Waals surface area contributed by atoms with Crippen LogP contribution in [0, 0.1) is 5.41 Å². The number of nitrogens with two attached hydrogens (primary N) is 2. The molecule has 8 heteroatoms. The smallest absolute Gasteiger partial charge is 0.246 e. The number of hydrogen-bond donors (Lipinski definition) is 2. The third-order valence-corrected chi connectivity index (χ3v) is 5.71. The molecule has 4 N–H and O–H groups in total. The minimum atomic E-state index is -3.79. The van der Waals surface area contributed by atoms with E-state index in [4.69, 9.17) is 16.2 Å². The standard InChI is InChI=1S/C13H19N3O4S/c1-13(12(15)17)5-6-16(8-13)21(18,19)11-7-9(14)3-4-10(11)20-2/h3-4,7H,5-6,8,14H2,1-2H3,(H2,15,17). The lowest BCUT2D eigenvalue weighted by Crippen LogP contribution is -2.38. The maximum atomic E-state index is 12.7. The molecule has 1 fully saturated rings. The van der Waals surface area contributed by atoms with Crippen molar-refractivity contribution in [3.8, 4) is 5.75 Å². The zero-order valence-electron chi connectivity index (χ0n) is 12.0. The fraction of sp³-hybridized carbons (Fsp3) is 0.462. The molecule has 7 nitrogen and oxygen atoms in total. The van der Waals surface area contributed by atoms with Crippen LogP contribution in [0.5, 0.6) is 5.75 Å². The minimum Gasteiger partial charge on any atom is -0.495 e. The normalized spacial score (nSPS) is 23.1. The van der Waals surface area contributed by atoms with Crippen LogP contribution in [0.3, 0.4) is 0 Å². The number of nitrogens with zero attached hydrogens (tertiary/aromatic N) is 1. The lowest BCUT2D eigenvalue weighted by atomic mass is 9.89. The van der Waals surface area contributed by atoms with Crippen molar-refractivity contribution in [1.82, 2.24) is 4.31 Å². The number of methoxy groups -OCH3 is 1. The first-order chi connectivity index (χ1) is 9.70. The highest BCUT2D eigenvalue weighted by Gasteiger charge is 2.44. The van der Waals surface area contributed by atoms with Crippen molar-refractivity contribution in [2.24, 2.45) is 11.1 Å². The van der Waals surface area contributed by atoms with E-state index in [1.807, 2.05) is 0 Å². The van der Waals surface area contributed by atoms with Gasteiger partial charge in [0.05, 0.1) is 12.5 Å². The molecule has 1 aromatic rings. The molecule has 1 aromatic carbocycles. The molecule has 1 heterocycles. The Morgan fingerprint density at radius 1 is 1.43 bits per heavy atom. The van der Waals surface area contributed by atoms with Crippen molar-refractivity contribution in [2.45, 2.75) is 18.2 Å². The Morgan fingerprint density at radius 2 is 2.10 bits per heavy atom. The molecule has 2 rings (SSSR count). The predicted octanol–water partition coefficient (Wildman–Crippen LogP) is 0.163. The van der Waals surface area contributed by atoms with Gasteiger partial charge in [0.15, 0.2) is 0 Å². The maximum Gasteiger partial charge on any atom is 0.246 e. The summed E-state index contributed by atoms with van der Waals surface area (Å²) in [5.74, 6) is -0.281. The monoisotopic (exact) mass is 313 g/mol. The molecule has 1 atom stereocenters. The molecule has 21 heavy (non-hydrogen) atoms. The summed E-state index contributed by atoms with van der Waals surface area (Å²) in [6.45, 7) is 1.96. The van der Waals surface area contributed by atoms with Crippen molar-refractivity contribution < 1.29 is 17.9 Å². The van der Waals surface area contributed by atoms with Crippen molar-refractivity contribution in [3.63, 3.8) is 0 Å². The van der Waals surface area contributed by atoms with Crippen LogP contribution in [0.2, 0.25) is 0 Å². The van der Waals surface area contributed by atoms with Gasteiger partial charge in [0.1, 0.15) is 10.6 Å². The number of amides is 1. The zero-order valence-corrected chi connectivity index (χ0v) is 12.8. The van der Waals surface area contributed by atoms with Gasteiger partial charge in [0, 0.05) is 18.8 Å². The van der Waals surface area contributed by atoms with E-state index in [1.54, 1.807) is 13.0 Å². The van der Waals surface area contributed by atoms with E-state index < -0.39 is 21.3 Å². The molecule has 0 aliphatic carbocycles. The average molecular weight is 313 g/mol. The van der Waals surface area contributed by atoms with Crippen molar-refractivity contribution in [2.75, 3.05) is 25.9 Å². The van der Waals surface area contributed by atoms with E-state index in [-0.39, 0.29) is 23.7 Å².